The van der Waals surface area contributed by atoms with E-state index in [1.807, 2.05) is 0 Å². The molecule has 0 unspecified atom stereocenters. The number of likely N-dealkylation sites (tertiary alicyclic amines) is 1. The molecule has 0 radical (unpaired) electrons. The predicted octanol–water partition coefficient (Wildman–Crippen LogP) is 0.660. The number of hydrogen-bond donors (Lipinski definition) is 2. The Morgan fingerprint density at radius 3 is 2.65 bits per heavy atom. The lowest BCUT2D eigenvalue weighted by Gasteiger charge is -2.14. The second-order valence-electron chi connectivity index (χ2n) is 4.78. The zero-order chi connectivity index (χ0) is 14.8. The first-order chi connectivity index (χ1) is 9.40. The molecule has 0 bridgehead atoms. The van der Waals surface area contributed by atoms with Crippen molar-refractivity contribution in [3.8, 4) is 0 Å². The summed E-state index contributed by atoms with van der Waals surface area (Å²) in [5.41, 5.74) is 0. The molecule has 0 aliphatic carbocycles. The van der Waals surface area contributed by atoms with Crippen molar-refractivity contribution >= 4 is 16.0 Å². The maximum atomic E-state index is 12.1. The second-order valence-corrected chi connectivity index (χ2v) is 6.52. The molecule has 2 rings (SSSR count). The highest BCUT2D eigenvalue weighted by molar-refractivity contribution is 7.89. The Labute approximate surface area is 117 Å². The van der Waals surface area contributed by atoms with Crippen molar-refractivity contribution in [1.29, 1.82) is 0 Å². The number of carbonyl (C=O) groups is 1. The average Bonchev–Trinajstić information content (AvgIpc) is 2.98. The van der Waals surface area contributed by atoms with Gasteiger partial charge in [-0.2, -0.15) is 0 Å². The number of hydrogen-bond acceptors (Lipinski definition) is 5. The molecular weight excluding hydrogens is 284 g/mol. The van der Waals surface area contributed by atoms with E-state index >= 15 is 0 Å². The van der Waals surface area contributed by atoms with Gasteiger partial charge in [-0.3, -0.25) is 0 Å². The van der Waals surface area contributed by atoms with Crippen molar-refractivity contribution in [2.24, 2.45) is 0 Å². The van der Waals surface area contributed by atoms with Crippen molar-refractivity contribution in [2.45, 2.75) is 24.7 Å². The molecule has 1 aromatic heterocycles. The van der Waals surface area contributed by atoms with Gasteiger partial charge in [-0.05, 0) is 32.9 Å². The summed E-state index contributed by atoms with van der Waals surface area (Å²) in [6.45, 7) is 4.38. The highest BCUT2D eigenvalue weighted by Crippen LogP contribution is 2.19. The van der Waals surface area contributed by atoms with Crippen molar-refractivity contribution in [3.05, 3.63) is 17.6 Å². The third kappa shape index (κ3) is 3.38. The Balaban J connectivity index is 2.00. The summed E-state index contributed by atoms with van der Waals surface area (Å²) in [4.78, 5) is 12.8. The fourth-order valence-corrected chi connectivity index (χ4v) is 3.46. The van der Waals surface area contributed by atoms with Crippen molar-refractivity contribution < 1.29 is 22.7 Å². The lowest BCUT2D eigenvalue weighted by Crippen LogP contribution is -2.33. The van der Waals surface area contributed by atoms with E-state index in [1.54, 1.807) is 0 Å². The Hall–Kier alpha value is -1.38. The van der Waals surface area contributed by atoms with E-state index < -0.39 is 16.0 Å². The molecule has 1 aromatic rings. The van der Waals surface area contributed by atoms with Gasteiger partial charge in [0.1, 0.15) is 10.7 Å². The number of nitrogens with zero attached hydrogens (tertiary/aromatic N) is 1. The van der Waals surface area contributed by atoms with Gasteiger partial charge in [0.05, 0.1) is 0 Å². The first-order valence-electron chi connectivity index (χ1n) is 6.46. The fraction of sp³-hybridized carbons (Fsp3) is 0.583. The number of rotatable bonds is 6. The summed E-state index contributed by atoms with van der Waals surface area (Å²) >= 11 is 0. The van der Waals surface area contributed by atoms with E-state index in [9.17, 15) is 13.2 Å². The number of carboxylic acid groups (broad SMARTS) is 1. The molecule has 2 N–H and O–H groups in total. The minimum atomic E-state index is -3.73. The van der Waals surface area contributed by atoms with E-state index in [2.05, 4.69) is 9.62 Å². The summed E-state index contributed by atoms with van der Waals surface area (Å²) in [5.74, 6) is -1.58. The van der Waals surface area contributed by atoms with Gasteiger partial charge < -0.3 is 14.4 Å². The van der Waals surface area contributed by atoms with Crippen molar-refractivity contribution in [3.63, 3.8) is 0 Å². The molecule has 1 fully saturated rings. The third-order valence-electron chi connectivity index (χ3n) is 3.29. The Bertz CT molecular complexity index is 587. The Morgan fingerprint density at radius 1 is 1.45 bits per heavy atom. The number of carboxylic acids is 1. The van der Waals surface area contributed by atoms with Crippen LogP contribution in [0.3, 0.4) is 0 Å². The summed E-state index contributed by atoms with van der Waals surface area (Å²) in [6, 6.07) is 1.04. The van der Waals surface area contributed by atoms with Crippen LogP contribution in [0.15, 0.2) is 15.4 Å². The Kier molecular flexibility index (Phi) is 4.46. The predicted molar refractivity (Wildman–Crippen MR) is 71.3 cm³/mol. The van der Waals surface area contributed by atoms with Crippen LogP contribution in [-0.4, -0.2) is 50.6 Å². The highest BCUT2D eigenvalue weighted by Gasteiger charge is 2.23. The molecular formula is C12H18N2O5S. The highest BCUT2D eigenvalue weighted by atomic mass is 32.2. The fourth-order valence-electron chi connectivity index (χ4n) is 2.26. The third-order valence-corrected chi connectivity index (χ3v) is 4.86. The van der Waals surface area contributed by atoms with Gasteiger partial charge in [0, 0.05) is 19.2 Å². The molecule has 0 amide bonds. The van der Waals surface area contributed by atoms with Gasteiger partial charge in [-0.25, -0.2) is 17.9 Å². The minimum absolute atomic E-state index is 0.0797. The van der Waals surface area contributed by atoms with Crippen LogP contribution in [0.5, 0.6) is 0 Å². The maximum Gasteiger partial charge on any atom is 0.371 e. The van der Waals surface area contributed by atoms with Crippen molar-refractivity contribution in [1.82, 2.24) is 9.62 Å². The molecule has 112 valence electrons. The summed E-state index contributed by atoms with van der Waals surface area (Å²) < 4.78 is 31.5. The molecule has 7 nitrogen and oxygen atoms in total. The number of nitrogens with one attached hydrogen (secondary N) is 1. The largest absolute Gasteiger partial charge is 0.475 e. The number of sulfonamides is 1. The molecule has 20 heavy (non-hydrogen) atoms. The molecule has 8 heteroatoms. The van der Waals surface area contributed by atoms with Gasteiger partial charge in [-0.1, -0.05) is 0 Å². The van der Waals surface area contributed by atoms with Crippen LogP contribution in [0, 0.1) is 6.92 Å². The van der Waals surface area contributed by atoms with Crippen LogP contribution in [-0.2, 0) is 10.0 Å². The molecule has 2 heterocycles. The van der Waals surface area contributed by atoms with Crippen LogP contribution in [0.2, 0.25) is 0 Å². The topological polar surface area (TPSA) is 99.8 Å². The standard InChI is InChI=1S/C12H18N2O5S/c1-9-11(8-10(19-9)12(15)16)20(17,18)13-4-7-14-5-2-3-6-14/h8,13H,2-7H2,1H3,(H,15,16). The molecule has 0 aromatic carbocycles. The van der Waals surface area contributed by atoms with E-state index in [4.69, 9.17) is 9.52 Å². The van der Waals surface area contributed by atoms with Gasteiger partial charge in [0.15, 0.2) is 0 Å². The zero-order valence-corrected chi connectivity index (χ0v) is 12.1. The summed E-state index contributed by atoms with van der Waals surface area (Å²) in [7, 11) is -3.73. The molecule has 1 aliphatic heterocycles. The normalized spacial score (nSPS) is 16.6. The quantitative estimate of drug-likeness (QED) is 0.801. The Morgan fingerprint density at radius 2 is 2.10 bits per heavy atom. The molecule has 0 spiro atoms. The first-order valence-corrected chi connectivity index (χ1v) is 7.94. The van der Waals surface area contributed by atoms with Gasteiger partial charge >= 0.3 is 5.97 Å². The van der Waals surface area contributed by atoms with Crippen LogP contribution in [0.1, 0.15) is 29.2 Å². The number of aryl methyl sites for hydroxylation is 1. The van der Waals surface area contributed by atoms with Crippen molar-refractivity contribution in [2.75, 3.05) is 26.2 Å². The molecule has 1 aliphatic rings. The second kappa shape index (κ2) is 5.94. The molecule has 0 atom stereocenters. The van der Waals surface area contributed by atoms with Crippen LogP contribution in [0.4, 0.5) is 0 Å². The van der Waals surface area contributed by atoms with Gasteiger partial charge in [0.2, 0.25) is 15.8 Å². The minimum Gasteiger partial charge on any atom is -0.475 e. The maximum absolute atomic E-state index is 12.1. The van der Waals surface area contributed by atoms with E-state index in [-0.39, 0.29) is 16.4 Å². The van der Waals surface area contributed by atoms with Gasteiger partial charge in [0.25, 0.3) is 0 Å². The van der Waals surface area contributed by atoms with Crippen LogP contribution < -0.4 is 4.72 Å². The van der Waals surface area contributed by atoms with E-state index in [0.717, 1.165) is 32.0 Å². The lowest BCUT2D eigenvalue weighted by molar-refractivity contribution is 0.0661. The smallest absolute Gasteiger partial charge is 0.371 e. The average molecular weight is 302 g/mol. The SMILES string of the molecule is Cc1oc(C(=O)O)cc1S(=O)(=O)NCCN1CCCC1. The van der Waals surface area contributed by atoms with Crippen LogP contribution >= 0.6 is 0 Å². The molecule has 1 saturated heterocycles. The monoisotopic (exact) mass is 302 g/mol. The lowest BCUT2D eigenvalue weighted by atomic mass is 10.4. The van der Waals surface area contributed by atoms with Gasteiger partial charge in [-0.15, -0.1) is 0 Å². The van der Waals surface area contributed by atoms with E-state index in [1.165, 1.54) is 6.92 Å². The number of aromatic carboxylic acids is 1. The number of furan rings is 1. The zero-order valence-electron chi connectivity index (χ0n) is 11.3. The first kappa shape index (κ1) is 15.0. The molecule has 0 saturated carbocycles. The van der Waals surface area contributed by atoms with E-state index in [0.29, 0.717) is 13.1 Å². The summed E-state index contributed by atoms with van der Waals surface area (Å²) in [5, 5.41) is 8.79. The van der Waals surface area contributed by atoms with Crippen LogP contribution in [0.25, 0.3) is 0 Å². The summed E-state index contributed by atoms with van der Waals surface area (Å²) in [6.07, 6.45) is 2.30.